The molecule has 0 N–H and O–H groups in total. The van der Waals surface area contributed by atoms with E-state index < -0.39 is 17.6 Å². The van der Waals surface area contributed by atoms with Crippen molar-refractivity contribution >= 4 is 17.5 Å². The Morgan fingerprint density at radius 1 is 1.00 bits per heavy atom. The van der Waals surface area contributed by atoms with Crippen LogP contribution in [0.5, 0.6) is 0 Å². The van der Waals surface area contributed by atoms with Gasteiger partial charge in [-0.3, -0.25) is 9.59 Å². The molecule has 1 aromatic carbocycles. The minimum absolute atomic E-state index is 0.00816. The predicted octanol–water partition coefficient (Wildman–Crippen LogP) is 4.10. The van der Waals surface area contributed by atoms with Gasteiger partial charge < -0.3 is 9.80 Å². The minimum Gasteiger partial charge on any atom is -0.343 e. The van der Waals surface area contributed by atoms with Crippen molar-refractivity contribution in [2.45, 2.75) is 46.2 Å². The van der Waals surface area contributed by atoms with Crippen LogP contribution in [0.25, 0.3) is 0 Å². The van der Waals surface area contributed by atoms with Gasteiger partial charge in [-0.05, 0) is 25.0 Å². The van der Waals surface area contributed by atoms with Crippen molar-refractivity contribution in [3.8, 4) is 0 Å². The van der Waals surface area contributed by atoms with Crippen molar-refractivity contribution in [2.24, 2.45) is 0 Å². The molecule has 0 spiro atoms. The molecule has 0 aliphatic heterocycles. The van der Waals surface area contributed by atoms with Gasteiger partial charge in [0.05, 0.1) is 11.3 Å². The van der Waals surface area contributed by atoms with E-state index in [1.807, 2.05) is 13.8 Å². The van der Waals surface area contributed by atoms with Crippen molar-refractivity contribution in [1.82, 2.24) is 4.90 Å². The van der Waals surface area contributed by atoms with Crippen molar-refractivity contribution in [1.29, 1.82) is 0 Å². The van der Waals surface area contributed by atoms with Gasteiger partial charge in [0.15, 0.2) is 0 Å². The first kappa shape index (κ1) is 21.0. The summed E-state index contributed by atoms with van der Waals surface area (Å²) >= 11 is 0. The Morgan fingerprint density at radius 3 is 2.04 bits per heavy atom. The number of amides is 2. The van der Waals surface area contributed by atoms with Crippen LogP contribution in [0.3, 0.4) is 0 Å². The van der Waals surface area contributed by atoms with E-state index in [0.717, 1.165) is 23.8 Å². The Bertz CT molecular complexity index is 582. The van der Waals surface area contributed by atoms with E-state index in [9.17, 15) is 22.8 Å². The molecule has 0 unspecified atom stereocenters. The van der Waals surface area contributed by atoms with Gasteiger partial charge in [-0.15, -0.1) is 0 Å². The Kier molecular flexibility index (Phi) is 7.93. The first-order valence-electron chi connectivity index (χ1n) is 8.44. The summed E-state index contributed by atoms with van der Waals surface area (Å²) in [6, 6.07) is 4.92. The average molecular weight is 358 g/mol. The van der Waals surface area contributed by atoms with Crippen LogP contribution >= 0.6 is 0 Å². The highest BCUT2D eigenvalue weighted by Gasteiger charge is 2.35. The zero-order chi connectivity index (χ0) is 19.0. The molecule has 0 heterocycles. The first-order chi connectivity index (χ1) is 11.7. The number of carbonyl (C=O) groups excluding carboxylic acids is 2. The highest BCUT2D eigenvalue weighted by atomic mass is 19.4. The Labute approximate surface area is 146 Å². The molecule has 0 fully saturated rings. The van der Waals surface area contributed by atoms with Crippen molar-refractivity contribution in [3.05, 3.63) is 29.8 Å². The molecule has 1 aromatic rings. The van der Waals surface area contributed by atoms with E-state index in [4.69, 9.17) is 0 Å². The van der Waals surface area contributed by atoms with Crippen LogP contribution in [0.15, 0.2) is 24.3 Å². The van der Waals surface area contributed by atoms with Crippen LogP contribution in [0, 0.1) is 0 Å². The third kappa shape index (κ3) is 6.07. The van der Waals surface area contributed by atoms with E-state index >= 15 is 0 Å². The number of hydrogen-bond acceptors (Lipinski definition) is 2. The zero-order valence-electron chi connectivity index (χ0n) is 14.9. The molecule has 0 aliphatic carbocycles. The standard InChI is InChI=1S/C18H25F3N2O2/c1-4-11-22(12-5-2)17(25)10-13-23(14(3)24)16-9-7-6-8-15(16)18(19,20)21/h6-9H,4-5,10-13H2,1-3H3. The predicted molar refractivity (Wildman–Crippen MR) is 91.3 cm³/mol. The van der Waals surface area contributed by atoms with Gasteiger partial charge in [0.1, 0.15) is 0 Å². The molecule has 4 nitrogen and oxygen atoms in total. The molecule has 0 radical (unpaired) electrons. The molecule has 140 valence electrons. The van der Waals surface area contributed by atoms with E-state index in [-0.39, 0.29) is 24.6 Å². The lowest BCUT2D eigenvalue weighted by atomic mass is 10.1. The molecule has 7 heteroatoms. The fraction of sp³-hybridized carbons (Fsp3) is 0.556. The summed E-state index contributed by atoms with van der Waals surface area (Å²) in [7, 11) is 0. The van der Waals surface area contributed by atoms with Crippen LogP contribution < -0.4 is 4.90 Å². The maximum Gasteiger partial charge on any atom is 0.418 e. The summed E-state index contributed by atoms with van der Waals surface area (Å²) in [5, 5.41) is 0. The molecule has 25 heavy (non-hydrogen) atoms. The van der Waals surface area contributed by atoms with E-state index in [0.29, 0.717) is 13.1 Å². The maximum absolute atomic E-state index is 13.2. The number of para-hydroxylation sites is 1. The molecule has 0 aromatic heterocycles. The average Bonchev–Trinajstić information content (AvgIpc) is 2.54. The highest BCUT2D eigenvalue weighted by Crippen LogP contribution is 2.36. The highest BCUT2D eigenvalue weighted by molar-refractivity contribution is 5.93. The number of rotatable bonds is 8. The Morgan fingerprint density at radius 2 is 1.56 bits per heavy atom. The number of hydrogen-bond donors (Lipinski definition) is 0. The third-order valence-electron chi connectivity index (χ3n) is 3.77. The fourth-order valence-electron chi connectivity index (χ4n) is 2.66. The Hall–Kier alpha value is -2.05. The van der Waals surface area contributed by atoms with Crippen molar-refractivity contribution in [3.63, 3.8) is 0 Å². The fourth-order valence-corrected chi connectivity index (χ4v) is 2.66. The first-order valence-corrected chi connectivity index (χ1v) is 8.44. The smallest absolute Gasteiger partial charge is 0.343 e. The lowest BCUT2D eigenvalue weighted by Gasteiger charge is -2.27. The van der Waals surface area contributed by atoms with Crippen LogP contribution in [-0.4, -0.2) is 36.3 Å². The van der Waals surface area contributed by atoms with Crippen LogP contribution in [0.1, 0.15) is 45.6 Å². The van der Waals surface area contributed by atoms with Crippen LogP contribution in [-0.2, 0) is 15.8 Å². The molecule has 0 atom stereocenters. The molecular formula is C18H25F3N2O2. The van der Waals surface area contributed by atoms with Gasteiger partial charge in [0.2, 0.25) is 11.8 Å². The topological polar surface area (TPSA) is 40.6 Å². The molecule has 0 bridgehead atoms. The van der Waals surface area contributed by atoms with Gasteiger partial charge in [-0.1, -0.05) is 26.0 Å². The molecular weight excluding hydrogens is 333 g/mol. The SMILES string of the molecule is CCCN(CCC)C(=O)CCN(C(C)=O)c1ccccc1C(F)(F)F. The van der Waals surface area contributed by atoms with Crippen molar-refractivity contribution < 1.29 is 22.8 Å². The Balaban J connectivity index is 2.97. The second kappa shape index (κ2) is 9.44. The maximum atomic E-state index is 13.2. The summed E-state index contributed by atoms with van der Waals surface area (Å²) < 4.78 is 39.6. The number of benzene rings is 1. The minimum atomic E-state index is -4.56. The lowest BCUT2D eigenvalue weighted by Crippen LogP contribution is -2.37. The van der Waals surface area contributed by atoms with Gasteiger partial charge >= 0.3 is 6.18 Å². The number of nitrogens with zero attached hydrogens (tertiary/aromatic N) is 2. The van der Waals surface area contributed by atoms with Gasteiger partial charge in [0, 0.05) is 33.0 Å². The zero-order valence-corrected chi connectivity index (χ0v) is 14.9. The second-order valence-electron chi connectivity index (χ2n) is 5.82. The number of alkyl halides is 3. The number of carbonyl (C=O) groups is 2. The van der Waals surface area contributed by atoms with E-state index in [1.165, 1.54) is 25.1 Å². The van der Waals surface area contributed by atoms with Crippen LogP contribution in [0.4, 0.5) is 18.9 Å². The molecule has 1 rings (SSSR count). The quantitative estimate of drug-likeness (QED) is 0.702. The van der Waals surface area contributed by atoms with Crippen LogP contribution in [0.2, 0.25) is 0 Å². The summed E-state index contributed by atoms with van der Waals surface area (Å²) in [5.41, 5.74) is -1.09. The summed E-state index contributed by atoms with van der Waals surface area (Å²) in [4.78, 5) is 26.9. The molecule has 0 saturated heterocycles. The normalized spacial score (nSPS) is 11.3. The van der Waals surface area contributed by atoms with E-state index in [2.05, 4.69) is 0 Å². The summed E-state index contributed by atoms with van der Waals surface area (Å²) in [5.74, 6) is -0.679. The molecule has 0 aliphatic rings. The largest absolute Gasteiger partial charge is 0.418 e. The third-order valence-corrected chi connectivity index (χ3v) is 3.77. The lowest BCUT2D eigenvalue weighted by molar-refractivity contribution is -0.137. The number of anilines is 1. The van der Waals surface area contributed by atoms with Crippen molar-refractivity contribution in [2.75, 3.05) is 24.5 Å². The summed E-state index contributed by atoms with van der Waals surface area (Å²) in [6.07, 6.45) is -2.96. The monoisotopic (exact) mass is 358 g/mol. The second-order valence-corrected chi connectivity index (χ2v) is 5.82. The summed E-state index contributed by atoms with van der Waals surface area (Å²) in [6.45, 7) is 6.24. The van der Waals surface area contributed by atoms with Gasteiger partial charge in [-0.25, -0.2) is 0 Å². The van der Waals surface area contributed by atoms with Gasteiger partial charge in [-0.2, -0.15) is 13.2 Å². The number of halogens is 3. The molecule has 2 amide bonds. The van der Waals surface area contributed by atoms with E-state index in [1.54, 1.807) is 4.90 Å². The molecule has 0 saturated carbocycles. The van der Waals surface area contributed by atoms with Gasteiger partial charge in [0.25, 0.3) is 0 Å².